The number of alkyl carbamates (subject to hydrolysis) is 1. The molecule has 7 heteroatoms. The molecule has 0 saturated heterocycles. The number of aryl methyl sites for hydroxylation is 1. The number of hydrogen-bond donors (Lipinski definition) is 1. The third-order valence-corrected chi connectivity index (χ3v) is 2.37. The number of nitrogens with one attached hydrogen (secondary N) is 1. The highest BCUT2D eigenvalue weighted by Crippen LogP contribution is 2.11. The Morgan fingerprint density at radius 3 is 2.58 bits per heavy atom. The highest BCUT2D eigenvalue weighted by atomic mass is 16.6. The Balaban J connectivity index is 2.54. The Labute approximate surface area is 112 Å². The van der Waals surface area contributed by atoms with Crippen LogP contribution in [0.25, 0.3) is 0 Å². The Bertz CT molecular complexity index is 425. The number of nitrogens with zero attached hydrogens (tertiary/aromatic N) is 3. The number of carbonyl (C=O) groups is 2. The van der Waals surface area contributed by atoms with E-state index in [9.17, 15) is 9.59 Å². The van der Waals surface area contributed by atoms with E-state index in [4.69, 9.17) is 4.74 Å². The van der Waals surface area contributed by atoms with Crippen molar-refractivity contribution in [1.29, 1.82) is 0 Å². The average molecular weight is 268 g/mol. The van der Waals surface area contributed by atoms with E-state index >= 15 is 0 Å². The monoisotopic (exact) mass is 268 g/mol. The van der Waals surface area contributed by atoms with Crippen LogP contribution in [0, 0.1) is 0 Å². The van der Waals surface area contributed by atoms with Gasteiger partial charge in [0.2, 0.25) is 0 Å². The molecule has 1 N–H and O–H groups in total. The van der Waals surface area contributed by atoms with Gasteiger partial charge in [0.05, 0.1) is 5.54 Å². The SMILES string of the molecule is CC(C=O)(CCn1cncn1)NC(=O)OC(C)(C)C. The second-order valence-electron chi connectivity index (χ2n) is 5.57. The lowest BCUT2D eigenvalue weighted by Gasteiger charge is -2.27. The van der Waals surface area contributed by atoms with Crippen molar-refractivity contribution in [2.24, 2.45) is 0 Å². The van der Waals surface area contributed by atoms with Crippen molar-refractivity contribution in [3.63, 3.8) is 0 Å². The highest BCUT2D eigenvalue weighted by molar-refractivity contribution is 5.76. The second-order valence-corrected chi connectivity index (χ2v) is 5.57. The van der Waals surface area contributed by atoms with E-state index in [2.05, 4.69) is 15.4 Å². The van der Waals surface area contributed by atoms with Crippen LogP contribution in [-0.4, -0.2) is 38.3 Å². The van der Waals surface area contributed by atoms with E-state index in [1.165, 1.54) is 6.33 Å². The van der Waals surface area contributed by atoms with Crippen LogP contribution in [0.3, 0.4) is 0 Å². The molecule has 0 aliphatic carbocycles. The predicted octanol–water partition coefficient (Wildman–Crippen LogP) is 1.15. The van der Waals surface area contributed by atoms with Crippen LogP contribution in [0.5, 0.6) is 0 Å². The van der Waals surface area contributed by atoms with Gasteiger partial charge in [-0.25, -0.2) is 9.78 Å². The quantitative estimate of drug-likeness (QED) is 0.809. The Morgan fingerprint density at radius 2 is 2.11 bits per heavy atom. The number of amides is 1. The first-order valence-electron chi connectivity index (χ1n) is 6.04. The highest BCUT2D eigenvalue weighted by Gasteiger charge is 2.28. The molecular weight excluding hydrogens is 248 g/mol. The minimum Gasteiger partial charge on any atom is -0.444 e. The summed E-state index contributed by atoms with van der Waals surface area (Å²) in [6, 6.07) is 0. The fraction of sp³-hybridized carbons (Fsp3) is 0.667. The van der Waals surface area contributed by atoms with Crippen LogP contribution in [0.15, 0.2) is 12.7 Å². The molecule has 0 aliphatic heterocycles. The predicted molar refractivity (Wildman–Crippen MR) is 68.5 cm³/mol. The summed E-state index contributed by atoms with van der Waals surface area (Å²) in [5.74, 6) is 0. The zero-order chi connectivity index (χ0) is 14.5. The van der Waals surface area contributed by atoms with Gasteiger partial charge in [0, 0.05) is 6.54 Å². The van der Waals surface area contributed by atoms with Crippen LogP contribution < -0.4 is 5.32 Å². The largest absolute Gasteiger partial charge is 0.444 e. The molecule has 1 unspecified atom stereocenters. The summed E-state index contributed by atoms with van der Waals surface area (Å²) in [7, 11) is 0. The Kier molecular flexibility index (Phi) is 4.63. The molecule has 19 heavy (non-hydrogen) atoms. The smallest absolute Gasteiger partial charge is 0.408 e. The topological polar surface area (TPSA) is 86.1 Å². The molecule has 1 amide bonds. The summed E-state index contributed by atoms with van der Waals surface area (Å²) in [6.07, 6.45) is 3.46. The van der Waals surface area contributed by atoms with Crippen molar-refractivity contribution in [3.8, 4) is 0 Å². The Hall–Kier alpha value is -1.92. The fourth-order valence-electron chi connectivity index (χ4n) is 1.38. The molecule has 0 fully saturated rings. The van der Waals surface area contributed by atoms with Gasteiger partial charge in [-0.2, -0.15) is 5.10 Å². The lowest BCUT2D eigenvalue weighted by atomic mass is 10.0. The van der Waals surface area contributed by atoms with E-state index in [1.807, 2.05) is 0 Å². The summed E-state index contributed by atoms with van der Waals surface area (Å²) < 4.78 is 6.72. The van der Waals surface area contributed by atoms with Gasteiger partial charge in [0.15, 0.2) is 0 Å². The van der Waals surface area contributed by atoms with Crippen LogP contribution in [0.1, 0.15) is 34.1 Å². The number of ether oxygens (including phenoxy) is 1. The van der Waals surface area contributed by atoms with Gasteiger partial charge in [-0.05, 0) is 34.1 Å². The number of carbonyl (C=O) groups excluding carboxylic acids is 2. The summed E-state index contributed by atoms with van der Waals surface area (Å²) in [4.78, 5) is 26.6. The molecule has 1 aromatic rings. The Morgan fingerprint density at radius 1 is 1.42 bits per heavy atom. The molecule has 0 bridgehead atoms. The van der Waals surface area contributed by atoms with E-state index in [0.29, 0.717) is 19.3 Å². The van der Waals surface area contributed by atoms with Gasteiger partial charge < -0.3 is 14.8 Å². The summed E-state index contributed by atoms with van der Waals surface area (Å²) in [5.41, 5.74) is -1.59. The fourth-order valence-corrected chi connectivity index (χ4v) is 1.38. The van der Waals surface area contributed by atoms with Crippen molar-refractivity contribution in [1.82, 2.24) is 20.1 Å². The molecule has 0 aliphatic rings. The molecule has 1 atom stereocenters. The third-order valence-electron chi connectivity index (χ3n) is 2.37. The maximum absolute atomic E-state index is 11.7. The van der Waals surface area contributed by atoms with Gasteiger partial charge in [-0.3, -0.25) is 4.68 Å². The number of rotatable bonds is 5. The molecule has 0 saturated carbocycles. The first-order valence-corrected chi connectivity index (χ1v) is 6.04. The van der Waals surface area contributed by atoms with E-state index < -0.39 is 17.2 Å². The van der Waals surface area contributed by atoms with Crippen LogP contribution in [0.4, 0.5) is 4.79 Å². The minimum absolute atomic E-state index is 0.402. The van der Waals surface area contributed by atoms with E-state index in [1.54, 1.807) is 38.7 Å². The number of aromatic nitrogens is 3. The summed E-state index contributed by atoms with van der Waals surface area (Å²) in [5, 5.41) is 6.51. The molecule has 1 aromatic heterocycles. The van der Waals surface area contributed by atoms with Crippen molar-refractivity contribution in [3.05, 3.63) is 12.7 Å². The molecule has 0 radical (unpaired) electrons. The molecular formula is C12H20N4O3. The second kappa shape index (κ2) is 5.81. The van der Waals surface area contributed by atoms with Crippen molar-refractivity contribution >= 4 is 12.4 Å². The molecule has 1 rings (SSSR count). The number of aldehydes is 1. The van der Waals surface area contributed by atoms with Gasteiger partial charge in [0.25, 0.3) is 0 Å². The molecule has 0 spiro atoms. The van der Waals surface area contributed by atoms with Crippen LogP contribution >= 0.6 is 0 Å². The normalized spacial score (nSPS) is 14.5. The van der Waals surface area contributed by atoms with E-state index in [-0.39, 0.29) is 0 Å². The van der Waals surface area contributed by atoms with Crippen LogP contribution in [-0.2, 0) is 16.1 Å². The van der Waals surface area contributed by atoms with E-state index in [0.717, 1.165) is 0 Å². The van der Waals surface area contributed by atoms with Crippen LogP contribution in [0.2, 0.25) is 0 Å². The number of hydrogen-bond acceptors (Lipinski definition) is 5. The maximum atomic E-state index is 11.7. The average Bonchev–Trinajstić information content (AvgIpc) is 2.76. The molecule has 7 nitrogen and oxygen atoms in total. The first kappa shape index (κ1) is 15.1. The van der Waals surface area contributed by atoms with Crippen molar-refractivity contribution in [2.45, 2.75) is 51.8 Å². The third kappa shape index (κ3) is 5.50. The molecule has 0 aromatic carbocycles. The summed E-state index contributed by atoms with van der Waals surface area (Å²) in [6.45, 7) is 7.41. The standard InChI is InChI=1S/C12H20N4O3/c1-11(2,3)19-10(18)15-12(4,7-17)5-6-16-9-13-8-14-16/h7-9H,5-6H2,1-4H3,(H,15,18). The molecule has 1 heterocycles. The zero-order valence-electron chi connectivity index (χ0n) is 11.7. The lowest BCUT2D eigenvalue weighted by Crippen LogP contribution is -2.49. The van der Waals surface area contributed by atoms with Gasteiger partial charge >= 0.3 is 6.09 Å². The summed E-state index contributed by atoms with van der Waals surface area (Å²) >= 11 is 0. The minimum atomic E-state index is -0.992. The zero-order valence-corrected chi connectivity index (χ0v) is 11.7. The molecule has 106 valence electrons. The maximum Gasteiger partial charge on any atom is 0.408 e. The first-order chi connectivity index (χ1) is 8.74. The lowest BCUT2D eigenvalue weighted by molar-refractivity contribution is -0.113. The van der Waals surface area contributed by atoms with Crippen molar-refractivity contribution in [2.75, 3.05) is 0 Å². The van der Waals surface area contributed by atoms with Crippen molar-refractivity contribution < 1.29 is 14.3 Å². The van der Waals surface area contributed by atoms with Gasteiger partial charge in [-0.1, -0.05) is 0 Å². The van der Waals surface area contributed by atoms with Gasteiger partial charge in [0.1, 0.15) is 24.5 Å². The van der Waals surface area contributed by atoms with Gasteiger partial charge in [-0.15, -0.1) is 0 Å².